The van der Waals surface area contributed by atoms with Crippen LogP contribution in [0.15, 0.2) is 71.8 Å². The molecule has 0 bridgehead atoms. The zero-order valence-corrected chi connectivity index (χ0v) is 20.0. The number of pyridine rings is 1. The Morgan fingerprint density at radius 2 is 1.62 bits per heavy atom. The van der Waals surface area contributed by atoms with Crippen molar-refractivity contribution in [2.45, 2.75) is 31.3 Å². The molecule has 0 amide bonds. The second kappa shape index (κ2) is 9.04. The van der Waals surface area contributed by atoms with E-state index in [-0.39, 0.29) is 21.2 Å². The molecule has 0 aliphatic carbocycles. The van der Waals surface area contributed by atoms with Crippen molar-refractivity contribution in [3.63, 3.8) is 0 Å². The Bertz CT molecular complexity index is 1500. The number of benzene rings is 3. The highest BCUT2D eigenvalue weighted by Gasteiger charge is 2.33. The number of nitrogens with zero attached hydrogens (tertiary/aromatic N) is 1. The molecule has 0 saturated carbocycles. The van der Waals surface area contributed by atoms with Crippen LogP contribution in [0.3, 0.4) is 0 Å². The number of aryl methyl sites for hydroxylation is 1. The highest BCUT2D eigenvalue weighted by molar-refractivity contribution is 7.91. The van der Waals surface area contributed by atoms with E-state index in [0.717, 1.165) is 22.8 Å². The quantitative estimate of drug-likeness (QED) is 0.280. The van der Waals surface area contributed by atoms with Crippen LogP contribution < -0.4 is 0 Å². The zero-order valence-electron chi connectivity index (χ0n) is 18.4. The lowest BCUT2D eigenvalue weighted by molar-refractivity contribution is -0.136. The molecule has 1 aromatic heterocycles. The Hall–Kier alpha value is -2.90. The number of alkyl halides is 3. The van der Waals surface area contributed by atoms with E-state index in [1.807, 2.05) is 18.2 Å². The fraction of sp³-hybridized carbons (Fsp3) is 0.192. The first-order valence-electron chi connectivity index (χ1n) is 10.6. The lowest BCUT2D eigenvalue weighted by atomic mass is 9.93. The Balaban J connectivity index is 1.85. The number of fused-ring (bicyclic) bond motifs is 1. The molecule has 176 valence electrons. The van der Waals surface area contributed by atoms with E-state index >= 15 is 0 Å². The third-order valence-electron chi connectivity index (χ3n) is 5.62. The number of sulfone groups is 1. The van der Waals surface area contributed by atoms with Crippen molar-refractivity contribution in [3.8, 4) is 22.3 Å². The van der Waals surface area contributed by atoms with Crippen molar-refractivity contribution < 1.29 is 21.6 Å². The summed E-state index contributed by atoms with van der Waals surface area (Å²) < 4.78 is 65.5. The summed E-state index contributed by atoms with van der Waals surface area (Å²) in [5.74, 6) is 0.00978. The molecule has 0 atom stereocenters. The minimum absolute atomic E-state index is 0.00978. The molecule has 34 heavy (non-hydrogen) atoms. The van der Waals surface area contributed by atoms with Crippen molar-refractivity contribution in [3.05, 3.63) is 83.0 Å². The van der Waals surface area contributed by atoms with Gasteiger partial charge in [0.25, 0.3) is 0 Å². The van der Waals surface area contributed by atoms with E-state index in [0.29, 0.717) is 22.9 Å². The SMILES string of the molecule is CCCS(=O)(=O)c1ccc(-c2cccc(-c3c(C)cnc4c(C(F)(F)F)cccc34)c2)cc1Cl. The minimum Gasteiger partial charge on any atom is -0.255 e. The van der Waals surface area contributed by atoms with Crippen molar-refractivity contribution in [1.82, 2.24) is 4.98 Å². The average molecular weight is 504 g/mol. The van der Waals surface area contributed by atoms with Crippen LogP contribution in [0.25, 0.3) is 33.2 Å². The maximum Gasteiger partial charge on any atom is 0.418 e. The average Bonchev–Trinajstić information content (AvgIpc) is 2.77. The predicted molar refractivity (Wildman–Crippen MR) is 130 cm³/mol. The summed E-state index contributed by atoms with van der Waals surface area (Å²) >= 11 is 6.33. The summed E-state index contributed by atoms with van der Waals surface area (Å²) in [5, 5.41) is 0.544. The Kier molecular flexibility index (Phi) is 6.44. The standard InChI is InChI=1S/C26H21ClF3NO2S/c1-3-12-34(32,33)23-11-10-18(14-22(23)27)17-6-4-7-19(13-17)24-16(2)15-31-25-20(24)8-5-9-21(25)26(28,29)30/h4-11,13-15H,3,12H2,1-2H3. The molecule has 4 aromatic rings. The van der Waals surface area contributed by atoms with E-state index in [1.165, 1.54) is 18.3 Å². The molecule has 0 saturated heterocycles. The van der Waals surface area contributed by atoms with E-state index < -0.39 is 21.6 Å². The van der Waals surface area contributed by atoms with Gasteiger partial charge in [-0.3, -0.25) is 4.98 Å². The van der Waals surface area contributed by atoms with Crippen molar-refractivity contribution in [2.24, 2.45) is 0 Å². The fourth-order valence-electron chi connectivity index (χ4n) is 4.10. The van der Waals surface area contributed by atoms with Crippen LogP contribution in [0.4, 0.5) is 13.2 Å². The normalized spacial score (nSPS) is 12.3. The Morgan fingerprint density at radius 1 is 0.941 bits per heavy atom. The van der Waals surface area contributed by atoms with Gasteiger partial charge in [0, 0.05) is 11.6 Å². The summed E-state index contributed by atoms with van der Waals surface area (Å²) in [6, 6.07) is 16.2. The molecular formula is C26H21ClF3NO2S. The van der Waals surface area contributed by atoms with Crippen molar-refractivity contribution in [2.75, 3.05) is 5.75 Å². The first-order chi connectivity index (χ1) is 16.0. The molecule has 4 rings (SSSR count). The van der Waals surface area contributed by atoms with Crippen LogP contribution in [0.5, 0.6) is 0 Å². The summed E-state index contributed by atoms with van der Waals surface area (Å²) in [6.07, 6.45) is -2.58. The van der Waals surface area contributed by atoms with Gasteiger partial charge in [0.05, 0.1) is 26.8 Å². The molecular weight excluding hydrogens is 483 g/mol. The van der Waals surface area contributed by atoms with Gasteiger partial charge in [-0.1, -0.05) is 54.9 Å². The van der Waals surface area contributed by atoms with Gasteiger partial charge in [0.15, 0.2) is 9.84 Å². The molecule has 3 nitrogen and oxygen atoms in total. The highest BCUT2D eigenvalue weighted by Crippen LogP contribution is 2.39. The van der Waals surface area contributed by atoms with Gasteiger partial charge in [-0.25, -0.2) is 8.42 Å². The van der Waals surface area contributed by atoms with Crippen LogP contribution in [0.1, 0.15) is 24.5 Å². The number of halogens is 4. The molecule has 1 heterocycles. The monoisotopic (exact) mass is 503 g/mol. The van der Waals surface area contributed by atoms with Crippen molar-refractivity contribution in [1.29, 1.82) is 0 Å². The topological polar surface area (TPSA) is 47.0 Å². The maximum absolute atomic E-state index is 13.5. The van der Waals surface area contributed by atoms with Gasteiger partial charge in [0.2, 0.25) is 0 Å². The Morgan fingerprint density at radius 3 is 2.29 bits per heavy atom. The molecule has 0 unspecified atom stereocenters. The first kappa shape index (κ1) is 24.2. The van der Waals surface area contributed by atoms with Crippen LogP contribution in [0.2, 0.25) is 5.02 Å². The molecule has 0 radical (unpaired) electrons. The molecule has 3 aromatic carbocycles. The van der Waals surface area contributed by atoms with Gasteiger partial charge in [0.1, 0.15) is 0 Å². The number of hydrogen-bond donors (Lipinski definition) is 0. The highest BCUT2D eigenvalue weighted by atomic mass is 35.5. The fourth-order valence-corrected chi connectivity index (χ4v) is 6.02. The second-order valence-corrected chi connectivity index (χ2v) is 10.5. The first-order valence-corrected chi connectivity index (χ1v) is 12.6. The lowest BCUT2D eigenvalue weighted by Crippen LogP contribution is -2.07. The van der Waals surface area contributed by atoms with E-state index in [9.17, 15) is 21.6 Å². The smallest absolute Gasteiger partial charge is 0.255 e. The maximum atomic E-state index is 13.5. The van der Waals surface area contributed by atoms with E-state index in [4.69, 9.17) is 11.6 Å². The van der Waals surface area contributed by atoms with E-state index in [1.54, 1.807) is 38.1 Å². The lowest BCUT2D eigenvalue weighted by Gasteiger charge is -2.15. The van der Waals surface area contributed by atoms with Crippen LogP contribution >= 0.6 is 11.6 Å². The van der Waals surface area contributed by atoms with Gasteiger partial charge in [-0.05, 0) is 65.4 Å². The minimum atomic E-state index is -4.52. The summed E-state index contributed by atoms with van der Waals surface area (Å²) in [6.45, 7) is 3.59. The number of rotatable bonds is 5. The predicted octanol–water partition coefficient (Wildman–Crippen LogP) is 7.73. The van der Waals surface area contributed by atoms with Crippen LogP contribution in [-0.4, -0.2) is 19.2 Å². The number of hydrogen-bond acceptors (Lipinski definition) is 3. The van der Waals surface area contributed by atoms with Crippen LogP contribution in [0, 0.1) is 6.92 Å². The third-order valence-corrected chi connectivity index (χ3v) is 8.01. The number of aromatic nitrogens is 1. The van der Waals surface area contributed by atoms with Gasteiger partial charge >= 0.3 is 6.18 Å². The van der Waals surface area contributed by atoms with E-state index in [2.05, 4.69) is 4.98 Å². The summed E-state index contributed by atoms with van der Waals surface area (Å²) in [5.41, 5.74) is 2.70. The zero-order chi connectivity index (χ0) is 24.7. The van der Waals surface area contributed by atoms with Gasteiger partial charge in [-0.15, -0.1) is 0 Å². The second-order valence-electron chi connectivity index (χ2n) is 8.06. The Labute approximate surface area is 201 Å². The molecule has 0 fully saturated rings. The van der Waals surface area contributed by atoms with Gasteiger partial charge in [-0.2, -0.15) is 13.2 Å². The summed E-state index contributed by atoms with van der Waals surface area (Å²) in [4.78, 5) is 4.17. The molecule has 0 N–H and O–H groups in total. The van der Waals surface area contributed by atoms with Crippen molar-refractivity contribution >= 4 is 32.3 Å². The molecule has 8 heteroatoms. The third kappa shape index (κ3) is 4.55. The largest absolute Gasteiger partial charge is 0.418 e. The molecule has 0 aliphatic rings. The van der Waals surface area contributed by atoms with Gasteiger partial charge < -0.3 is 0 Å². The number of para-hydroxylation sites is 1. The molecule has 0 spiro atoms. The summed E-state index contributed by atoms with van der Waals surface area (Å²) in [7, 11) is -3.47. The van der Waals surface area contributed by atoms with Crippen LogP contribution in [-0.2, 0) is 16.0 Å². The molecule has 0 aliphatic heterocycles.